The minimum Gasteiger partial charge on any atom is -0.286 e. The van der Waals surface area contributed by atoms with E-state index >= 15 is 0 Å². The largest absolute Gasteiger partial charge is 0.364 e. The molecule has 0 bridgehead atoms. The Morgan fingerprint density at radius 3 is 3.11 bits per heavy atom. The van der Waals surface area contributed by atoms with Crippen molar-refractivity contribution < 1.29 is 0 Å². The molecule has 0 radical (unpaired) electrons. The van der Waals surface area contributed by atoms with Gasteiger partial charge in [-0.15, -0.1) is 5.10 Å². The molecule has 7 nitrogen and oxygen atoms in total. The summed E-state index contributed by atoms with van der Waals surface area (Å²) in [6.07, 6.45) is 5.44. The predicted octanol–water partition coefficient (Wildman–Crippen LogP) is 0.556. The molecule has 3 aromatic heterocycles. The van der Waals surface area contributed by atoms with E-state index in [0.29, 0.717) is 11.5 Å². The van der Waals surface area contributed by atoms with E-state index in [1.54, 1.807) is 12.3 Å². The maximum Gasteiger partial charge on any atom is 0.364 e. The van der Waals surface area contributed by atoms with E-state index in [-0.39, 0.29) is 5.69 Å². The maximum atomic E-state index is 11.5. The average Bonchev–Trinajstić information content (AvgIpc) is 2.97. The molecule has 0 aliphatic rings. The van der Waals surface area contributed by atoms with E-state index in [1.165, 1.54) is 4.52 Å². The number of fused-ring (bicyclic) bond motifs is 1. The van der Waals surface area contributed by atoms with Crippen molar-refractivity contribution in [1.82, 2.24) is 29.4 Å². The van der Waals surface area contributed by atoms with Crippen molar-refractivity contribution in [3.05, 3.63) is 40.8 Å². The second-order valence-corrected chi connectivity index (χ2v) is 3.95. The number of aromatic amines is 1. The highest BCUT2D eigenvalue weighted by Crippen LogP contribution is 2.09. The Bertz CT molecular complexity index is 737. The van der Waals surface area contributed by atoms with Crippen molar-refractivity contribution in [3.8, 4) is 5.82 Å². The van der Waals surface area contributed by atoms with Crippen LogP contribution in [0, 0.1) is 0 Å². The molecule has 3 rings (SSSR count). The summed E-state index contributed by atoms with van der Waals surface area (Å²) in [4.78, 5) is 15.8. The monoisotopic (exact) mass is 244 g/mol. The number of aromatic nitrogens is 6. The van der Waals surface area contributed by atoms with E-state index in [4.69, 9.17) is 0 Å². The summed E-state index contributed by atoms with van der Waals surface area (Å²) < 4.78 is 3.12. The Morgan fingerprint density at radius 1 is 1.39 bits per heavy atom. The van der Waals surface area contributed by atoms with Gasteiger partial charge in [-0.05, 0) is 18.6 Å². The first kappa shape index (κ1) is 10.7. The number of nitrogens with zero attached hydrogens (tertiary/aromatic N) is 5. The molecule has 0 saturated heterocycles. The third-order valence-corrected chi connectivity index (χ3v) is 2.70. The molecular weight excluding hydrogens is 232 g/mol. The highest BCUT2D eigenvalue weighted by Gasteiger charge is 2.08. The summed E-state index contributed by atoms with van der Waals surface area (Å²) in [6, 6.07) is 3.56. The molecule has 0 aromatic carbocycles. The second-order valence-electron chi connectivity index (χ2n) is 3.95. The molecule has 0 fully saturated rings. The third-order valence-electron chi connectivity index (χ3n) is 2.70. The van der Waals surface area contributed by atoms with Gasteiger partial charge in [0.2, 0.25) is 0 Å². The fourth-order valence-electron chi connectivity index (χ4n) is 1.87. The van der Waals surface area contributed by atoms with Crippen LogP contribution in [0.5, 0.6) is 0 Å². The first-order valence-electron chi connectivity index (χ1n) is 5.76. The van der Waals surface area contributed by atoms with E-state index in [2.05, 4.69) is 27.2 Å². The van der Waals surface area contributed by atoms with Crippen LogP contribution in [-0.2, 0) is 6.42 Å². The highest BCUT2D eigenvalue weighted by molar-refractivity contribution is 5.38. The fraction of sp³-hybridized carbons (Fsp3) is 0.273. The lowest BCUT2D eigenvalue weighted by molar-refractivity contribution is 0.769. The van der Waals surface area contributed by atoms with Crippen LogP contribution >= 0.6 is 0 Å². The van der Waals surface area contributed by atoms with Crippen molar-refractivity contribution >= 4 is 5.65 Å². The first-order valence-corrected chi connectivity index (χ1v) is 5.76. The fourth-order valence-corrected chi connectivity index (χ4v) is 1.87. The normalized spacial score (nSPS) is 11.2. The van der Waals surface area contributed by atoms with Crippen LogP contribution < -0.4 is 5.69 Å². The van der Waals surface area contributed by atoms with Crippen LogP contribution in [0.1, 0.15) is 19.2 Å². The van der Waals surface area contributed by atoms with E-state index < -0.39 is 0 Å². The molecule has 7 heteroatoms. The molecule has 0 aliphatic carbocycles. The first-order chi connectivity index (χ1) is 8.79. The van der Waals surface area contributed by atoms with Crippen LogP contribution in [0.4, 0.5) is 0 Å². The zero-order chi connectivity index (χ0) is 12.5. The van der Waals surface area contributed by atoms with Crippen molar-refractivity contribution in [2.45, 2.75) is 19.8 Å². The summed E-state index contributed by atoms with van der Waals surface area (Å²) >= 11 is 0. The van der Waals surface area contributed by atoms with E-state index in [9.17, 15) is 4.79 Å². The zero-order valence-corrected chi connectivity index (χ0v) is 9.87. The Hall–Kier alpha value is -2.44. The lowest BCUT2D eigenvalue weighted by Gasteiger charge is -2.05. The van der Waals surface area contributed by atoms with Gasteiger partial charge in [-0.2, -0.15) is 9.61 Å². The topological polar surface area (TPSA) is 80.9 Å². The van der Waals surface area contributed by atoms with Gasteiger partial charge in [0.05, 0.1) is 0 Å². The van der Waals surface area contributed by atoms with Crippen molar-refractivity contribution in [1.29, 1.82) is 0 Å². The number of aryl methyl sites for hydroxylation is 1. The number of imidazole rings is 1. The highest BCUT2D eigenvalue weighted by atomic mass is 16.2. The van der Waals surface area contributed by atoms with Gasteiger partial charge < -0.3 is 0 Å². The minimum absolute atomic E-state index is 0.344. The van der Waals surface area contributed by atoms with Gasteiger partial charge in [0.15, 0.2) is 11.5 Å². The second kappa shape index (κ2) is 4.10. The smallest absolute Gasteiger partial charge is 0.286 e. The Labute approximate surface area is 102 Å². The molecule has 3 heterocycles. The van der Waals surface area contributed by atoms with Gasteiger partial charge in [0.25, 0.3) is 0 Å². The quantitative estimate of drug-likeness (QED) is 0.729. The van der Waals surface area contributed by atoms with Crippen LogP contribution in [-0.4, -0.2) is 29.4 Å². The molecule has 0 saturated carbocycles. The van der Waals surface area contributed by atoms with Gasteiger partial charge in [-0.25, -0.2) is 14.9 Å². The van der Waals surface area contributed by atoms with Gasteiger partial charge >= 0.3 is 5.69 Å². The number of H-pyrrole nitrogens is 1. The third kappa shape index (κ3) is 1.60. The molecule has 3 aromatic rings. The Balaban J connectivity index is 2.15. The van der Waals surface area contributed by atoms with Gasteiger partial charge in [-0.3, -0.25) is 4.57 Å². The van der Waals surface area contributed by atoms with Crippen molar-refractivity contribution in [3.63, 3.8) is 0 Å². The molecule has 18 heavy (non-hydrogen) atoms. The summed E-state index contributed by atoms with van der Waals surface area (Å²) in [5, 5.41) is 10.4. The van der Waals surface area contributed by atoms with E-state index in [0.717, 1.165) is 18.7 Å². The number of rotatable bonds is 3. The maximum absolute atomic E-state index is 11.5. The molecular formula is C11H12N6O. The summed E-state index contributed by atoms with van der Waals surface area (Å²) in [7, 11) is 0. The Kier molecular flexibility index (Phi) is 2.44. The summed E-state index contributed by atoms with van der Waals surface area (Å²) in [5.41, 5.74) is 0.157. The molecule has 0 unspecified atom stereocenters. The zero-order valence-electron chi connectivity index (χ0n) is 9.87. The standard InChI is InChI=1S/C11H12N6O/c1-2-3-8-12-6-7-16(8)10-5-4-9-13-14-11(18)17(9)15-10/h4-7H,2-3H2,1H3,(H,14,18). The molecule has 92 valence electrons. The molecule has 0 spiro atoms. The molecule has 0 amide bonds. The summed E-state index contributed by atoms with van der Waals surface area (Å²) in [6.45, 7) is 2.09. The average molecular weight is 244 g/mol. The number of hydrogen-bond acceptors (Lipinski definition) is 4. The van der Waals surface area contributed by atoms with Crippen LogP contribution in [0.15, 0.2) is 29.3 Å². The van der Waals surface area contributed by atoms with Crippen LogP contribution in [0.2, 0.25) is 0 Å². The molecule has 0 atom stereocenters. The number of nitrogens with one attached hydrogen (secondary N) is 1. The van der Waals surface area contributed by atoms with Gasteiger partial charge in [-0.1, -0.05) is 6.92 Å². The Morgan fingerprint density at radius 2 is 2.28 bits per heavy atom. The lowest BCUT2D eigenvalue weighted by Crippen LogP contribution is -2.14. The van der Waals surface area contributed by atoms with Gasteiger partial charge in [0.1, 0.15) is 5.82 Å². The molecule has 1 N–H and O–H groups in total. The number of hydrogen-bond donors (Lipinski definition) is 1. The SMILES string of the molecule is CCCc1nccn1-c1ccc2n[nH]c(=O)n2n1. The van der Waals surface area contributed by atoms with Crippen LogP contribution in [0.3, 0.4) is 0 Å². The van der Waals surface area contributed by atoms with Gasteiger partial charge in [0, 0.05) is 18.8 Å². The van der Waals surface area contributed by atoms with Crippen molar-refractivity contribution in [2.75, 3.05) is 0 Å². The van der Waals surface area contributed by atoms with Crippen LogP contribution in [0.25, 0.3) is 11.5 Å². The van der Waals surface area contributed by atoms with Crippen molar-refractivity contribution in [2.24, 2.45) is 0 Å². The molecule has 0 aliphatic heterocycles. The van der Waals surface area contributed by atoms with E-state index in [1.807, 2.05) is 16.8 Å². The lowest BCUT2D eigenvalue weighted by atomic mass is 10.3. The summed E-state index contributed by atoms with van der Waals surface area (Å²) in [5.74, 6) is 1.59. The predicted molar refractivity (Wildman–Crippen MR) is 64.7 cm³/mol. The minimum atomic E-state index is -0.344.